The fourth-order valence-corrected chi connectivity index (χ4v) is 5.01. The van der Waals surface area contributed by atoms with E-state index >= 15 is 0 Å². The first-order valence-electron chi connectivity index (χ1n) is 11.7. The minimum atomic E-state index is -4.57. The molecule has 0 bridgehead atoms. The molecular weight excluding hydrogens is 531 g/mol. The molecule has 39 heavy (non-hydrogen) atoms. The molecule has 4 aromatic rings. The van der Waals surface area contributed by atoms with E-state index in [1.807, 2.05) is 23.8 Å². The Morgan fingerprint density at radius 1 is 0.872 bits per heavy atom. The number of nitrogens with zero attached hydrogens (tertiary/aromatic N) is 2. The van der Waals surface area contributed by atoms with Crippen molar-refractivity contribution >= 4 is 15.9 Å². The molecule has 0 atom stereocenters. The zero-order valence-electron chi connectivity index (χ0n) is 21.4. The summed E-state index contributed by atoms with van der Waals surface area (Å²) in [5.74, 6) is -0.935. The lowest BCUT2D eigenvalue weighted by atomic mass is 10.1. The summed E-state index contributed by atoms with van der Waals surface area (Å²) in [6.07, 6.45) is -4.57. The third-order valence-electron chi connectivity index (χ3n) is 5.76. The number of aryl methyl sites for hydroxylation is 4. The van der Waals surface area contributed by atoms with E-state index in [2.05, 4.69) is 9.97 Å². The van der Waals surface area contributed by atoms with Crippen LogP contribution in [-0.2, 0) is 16.2 Å². The number of sulfonamides is 1. The molecule has 0 spiro atoms. The highest BCUT2D eigenvalue weighted by molar-refractivity contribution is 7.90. The van der Waals surface area contributed by atoms with Gasteiger partial charge in [-0.05, 0) is 75.2 Å². The van der Waals surface area contributed by atoms with Crippen LogP contribution in [0.3, 0.4) is 0 Å². The third-order valence-corrected chi connectivity index (χ3v) is 6.99. The molecule has 1 N–H and O–H groups in total. The van der Waals surface area contributed by atoms with Gasteiger partial charge in [-0.2, -0.15) is 21.6 Å². The number of benzene rings is 2. The number of pyridine rings is 2. The molecule has 4 rings (SSSR count). The number of carbonyl (C=O) groups excluding carboxylic acids is 1. The summed E-state index contributed by atoms with van der Waals surface area (Å²) in [4.78, 5) is 21.5. The monoisotopic (exact) mass is 555 g/mol. The topological polar surface area (TPSA) is 98.2 Å². The van der Waals surface area contributed by atoms with Crippen LogP contribution in [-0.4, -0.2) is 24.3 Å². The Morgan fingerprint density at radius 3 is 2.18 bits per heavy atom. The number of hydrogen-bond acceptors (Lipinski definition) is 6. The Hall–Kier alpha value is -4.25. The Morgan fingerprint density at radius 2 is 1.54 bits per heavy atom. The summed E-state index contributed by atoms with van der Waals surface area (Å²) >= 11 is 0. The Bertz CT molecular complexity index is 1660. The summed E-state index contributed by atoms with van der Waals surface area (Å²) in [6.45, 7) is 7.09. The van der Waals surface area contributed by atoms with Crippen LogP contribution in [0.25, 0.3) is 11.3 Å². The predicted molar refractivity (Wildman–Crippen MR) is 139 cm³/mol. The number of nitrogens with one attached hydrogen (secondary N) is 1. The van der Waals surface area contributed by atoms with Gasteiger partial charge in [0.1, 0.15) is 11.3 Å². The van der Waals surface area contributed by atoms with Gasteiger partial charge in [0.2, 0.25) is 5.88 Å². The molecule has 0 fully saturated rings. The summed E-state index contributed by atoms with van der Waals surface area (Å²) < 4.78 is 73.6. The Labute approximate surface area is 223 Å². The van der Waals surface area contributed by atoms with Crippen LogP contribution < -0.4 is 9.46 Å². The van der Waals surface area contributed by atoms with Crippen LogP contribution in [0.2, 0.25) is 0 Å². The van der Waals surface area contributed by atoms with E-state index in [1.54, 1.807) is 26.8 Å². The van der Waals surface area contributed by atoms with E-state index in [4.69, 9.17) is 4.74 Å². The Kier molecular flexibility index (Phi) is 7.47. The average molecular weight is 556 g/mol. The van der Waals surface area contributed by atoms with Crippen molar-refractivity contribution in [2.24, 2.45) is 0 Å². The zero-order valence-corrected chi connectivity index (χ0v) is 22.2. The van der Waals surface area contributed by atoms with Crippen LogP contribution in [0.15, 0.2) is 71.8 Å². The van der Waals surface area contributed by atoms with Gasteiger partial charge >= 0.3 is 6.18 Å². The second kappa shape index (κ2) is 10.5. The second-order valence-corrected chi connectivity index (χ2v) is 10.6. The van der Waals surface area contributed by atoms with E-state index in [-0.39, 0.29) is 27.7 Å². The van der Waals surface area contributed by atoms with Gasteiger partial charge in [-0.1, -0.05) is 35.9 Å². The minimum absolute atomic E-state index is 0.0956. The molecule has 11 heteroatoms. The van der Waals surface area contributed by atoms with Gasteiger partial charge in [-0.15, -0.1) is 0 Å². The van der Waals surface area contributed by atoms with Crippen molar-refractivity contribution in [3.05, 3.63) is 100 Å². The zero-order chi connectivity index (χ0) is 28.5. The van der Waals surface area contributed by atoms with Crippen LogP contribution in [0.4, 0.5) is 13.2 Å². The average Bonchev–Trinajstić information content (AvgIpc) is 2.85. The molecule has 0 aliphatic heterocycles. The van der Waals surface area contributed by atoms with Crippen molar-refractivity contribution in [3.63, 3.8) is 0 Å². The smallest absolute Gasteiger partial charge is 0.416 e. The molecule has 0 saturated heterocycles. The van der Waals surface area contributed by atoms with Crippen molar-refractivity contribution in [1.29, 1.82) is 0 Å². The quantitative estimate of drug-likeness (QED) is 0.300. The summed E-state index contributed by atoms with van der Waals surface area (Å²) in [5, 5.41) is -0.350. The third kappa shape index (κ3) is 6.26. The van der Waals surface area contributed by atoms with E-state index in [9.17, 15) is 26.4 Å². The normalized spacial score (nSPS) is 11.8. The van der Waals surface area contributed by atoms with Crippen molar-refractivity contribution < 1.29 is 31.1 Å². The summed E-state index contributed by atoms with van der Waals surface area (Å²) in [6, 6.07) is 15.2. The maximum atomic E-state index is 13.3. The van der Waals surface area contributed by atoms with Gasteiger partial charge in [0.05, 0.1) is 11.3 Å². The van der Waals surface area contributed by atoms with Gasteiger partial charge in [0, 0.05) is 11.3 Å². The molecule has 1 amide bonds. The fraction of sp³-hybridized carbons (Fsp3) is 0.179. The number of alkyl halides is 3. The second-order valence-electron chi connectivity index (χ2n) is 9.01. The highest BCUT2D eigenvalue weighted by Crippen LogP contribution is 2.35. The van der Waals surface area contributed by atoms with E-state index in [0.717, 1.165) is 28.8 Å². The van der Waals surface area contributed by atoms with Crippen LogP contribution in [0.5, 0.6) is 11.6 Å². The predicted octanol–water partition coefficient (Wildman–Crippen LogP) is 6.31. The van der Waals surface area contributed by atoms with Crippen LogP contribution in [0.1, 0.15) is 38.3 Å². The lowest BCUT2D eigenvalue weighted by molar-refractivity contribution is -0.137. The molecule has 2 heterocycles. The lowest BCUT2D eigenvalue weighted by Crippen LogP contribution is -2.31. The molecular formula is C28H24F3N3O4S. The number of rotatable bonds is 6. The van der Waals surface area contributed by atoms with Gasteiger partial charge in [0.15, 0.2) is 5.03 Å². The van der Waals surface area contributed by atoms with Gasteiger partial charge in [0.25, 0.3) is 15.9 Å². The largest absolute Gasteiger partial charge is 0.438 e. The van der Waals surface area contributed by atoms with Crippen molar-refractivity contribution in [2.75, 3.05) is 0 Å². The standard InChI is InChI=1S/C28H24F3N3O4S/c1-16-13-17(2)25(18(3)14-16)38-27-22(26(35)34-39(36,37)24-10-5-7-19(4)32-24)11-12-23(33-27)20-8-6-9-21(15-20)28(29,30)31/h5-15H,1-4H3,(H,34,35). The van der Waals surface area contributed by atoms with Crippen molar-refractivity contribution in [1.82, 2.24) is 14.7 Å². The van der Waals surface area contributed by atoms with Crippen molar-refractivity contribution in [3.8, 4) is 22.9 Å². The van der Waals surface area contributed by atoms with E-state index in [0.29, 0.717) is 11.4 Å². The summed E-state index contributed by atoms with van der Waals surface area (Å²) in [7, 11) is -4.34. The molecule has 2 aromatic carbocycles. The summed E-state index contributed by atoms with van der Waals surface area (Å²) in [5.41, 5.74) is 1.98. The maximum absolute atomic E-state index is 13.3. The number of ether oxygens (including phenoxy) is 1. The number of halogens is 3. The van der Waals surface area contributed by atoms with Crippen molar-refractivity contribution in [2.45, 2.75) is 38.9 Å². The SMILES string of the molecule is Cc1cc(C)c(Oc2nc(-c3cccc(C(F)(F)F)c3)ccc2C(=O)NS(=O)(=O)c2cccc(C)n2)c(C)c1. The first-order valence-corrected chi connectivity index (χ1v) is 13.2. The molecule has 0 saturated carbocycles. The van der Waals surface area contributed by atoms with E-state index < -0.39 is 27.7 Å². The van der Waals surface area contributed by atoms with Gasteiger partial charge < -0.3 is 4.74 Å². The molecule has 0 aliphatic rings. The number of aromatic nitrogens is 2. The molecule has 7 nitrogen and oxygen atoms in total. The van der Waals surface area contributed by atoms with Crippen LogP contribution >= 0.6 is 0 Å². The molecule has 0 radical (unpaired) electrons. The lowest BCUT2D eigenvalue weighted by Gasteiger charge is -2.16. The first-order chi connectivity index (χ1) is 18.2. The molecule has 202 valence electrons. The maximum Gasteiger partial charge on any atom is 0.416 e. The minimum Gasteiger partial charge on any atom is -0.438 e. The Balaban J connectivity index is 1.80. The van der Waals surface area contributed by atoms with Gasteiger partial charge in [-0.3, -0.25) is 4.79 Å². The fourth-order valence-electron chi connectivity index (χ4n) is 4.03. The number of carbonyl (C=O) groups is 1. The molecule has 2 aromatic heterocycles. The highest BCUT2D eigenvalue weighted by Gasteiger charge is 2.31. The molecule has 0 unspecified atom stereocenters. The van der Waals surface area contributed by atoms with Gasteiger partial charge in [-0.25, -0.2) is 14.7 Å². The van der Waals surface area contributed by atoms with E-state index in [1.165, 1.54) is 36.4 Å². The van der Waals surface area contributed by atoms with Crippen LogP contribution in [0, 0.1) is 27.7 Å². The first kappa shape index (κ1) is 27.8. The highest BCUT2D eigenvalue weighted by atomic mass is 32.2. The molecule has 0 aliphatic carbocycles. The number of amides is 1. The number of hydrogen-bond donors (Lipinski definition) is 1.